The van der Waals surface area contributed by atoms with Crippen LogP contribution in [-0.2, 0) is 21.2 Å². The lowest BCUT2D eigenvalue weighted by Gasteiger charge is -2.31. The summed E-state index contributed by atoms with van der Waals surface area (Å²) in [5, 5.41) is 2.95. The number of quaternary nitrogens is 1. The van der Waals surface area contributed by atoms with Crippen molar-refractivity contribution in [3.8, 4) is 0 Å². The van der Waals surface area contributed by atoms with Gasteiger partial charge in [-0.1, -0.05) is 36.8 Å². The van der Waals surface area contributed by atoms with Crippen LogP contribution < -0.4 is 10.2 Å². The SMILES string of the molecule is CCc1cccc(NC(=O)C[NH+]2CCN(S(=O)(=O)c3ccc(C)cc3C)CC2)c1. The van der Waals surface area contributed by atoms with Crippen LogP contribution in [0.15, 0.2) is 47.4 Å². The molecule has 1 aliphatic rings. The predicted octanol–water partition coefficient (Wildman–Crippen LogP) is 1.39. The van der Waals surface area contributed by atoms with E-state index in [0.29, 0.717) is 37.6 Å². The first-order valence-electron chi connectivity index (χ1n) is 10.1. The van der Waals surface area contributed by atoms with Gasteiger partial charge in [-0.05, 0) is 49.6 Å². The molecule has 0 aromatic heterocycles. The number of nitrogens with one attached hydrogen (secondary N) is 2. The Morgan fingerprint density at radius 1 is 1.10 bits per heavy atom. The van der Waals surface area contributed by atoms with Crippen LogP contribution in [-0.4, -0.2) is 51.4 Å². The average Bonchev–Trinajstić information content (AvgIpc) is 2.68. The van der Waals surface area contributed by atoms with E-state index >= 15 is 0 Å². The average molecular weight is 417 g/mol. The summed E-state index contributed by atoms with van der Waals surface area (Å²) in [6.07, 6.45) is 0.922. The van der Waals surface area contributed by atoms with Gasteiger partial charge in [-0.3, -0.25) is 4.79 Å². The lowest BCUT2D eigenvalue weighted by atomic mass is 10.1. The number of sulfonamides is 1. The van der Waals surface area contributed by atoms with Gasteiger partial charge in [0.15, 0.2) is 6.54 Å². The van der Waals surface area contributed by atoms with Crippen LogP contribution in [0, 0.1) is 13.8 Å². The molecule has 2 aromatic rings. The van der Waals surface area contributed by atoms with E-state index in [1.54, 1.807) is 6.07 Å². The van der Waals surface area contributed by atoms with Crippen LogP contribution in [0.1, 0.15) is 23.6 Å². The predicted molar refractivity (Wildman–Crippen MR) is 115 cm³/mol. The number of benzene rings is 2. The molecule has 0 spiro atoms. The molecule has 0 bridgehead atoms. The van der Waals surface area contributed by atoms with Crippen LogP contribution in [0.2, 0.25) is 0 Å². The van der Waals surface area contributed by atoms with Gasteiger partial charge in [0.05, 0.1) is 31.1 Å². The van der Waals surface area contributed by atoms with Crippen molar-refractivity contribution in [2.45, 2.75) is 32.1 Å². The zero-order chi connectivity index (χ0) is 21.0. The second kappa shape index (κ2) is 9.07. The number of nitrogens with zero attached hydrogens (tertiary/aromatic N) is 1. The Hall–Kier alpha value is -2.22. The molecule has 0 atom stereocenters. The van der Waals surface area contributed by atoms with Gasteiger partial charge in [0.25, 0.3) is 5.91 Å². The minimum absolute atomic E-state index is 0.0426. The standard InChI is InChI=1S/C22H29N3O3S/c1-4-19-6-5-7-20(15-19)23-22(26)16-24-10-12-25(13-11-24)29(27,28)21-9-8-17(2)14-18(21)3/h5-9,14-15H,4,10-13,16H2,1-3H3,(H,23,26)/p+1. The number of rotatable bonds is 6. The Balaban J connectivity index is 1.56. The third-order valence-electron chi connectivity index (χ3n) is 5.41. The van der Waals surface area contributed by atoms with Gasteiger partial charge >= 0.3 is 0 Å². The number of carbonyl (C=O) groups is 1. The van der Waals surface area contributed by atoms with E-state index < -0.39 is 10.0 Å². The summed E-state index contributed by atoms with van der Waals surface area (Å²) in [6, 6.07) is 13.3. The van der Waals surface area contributed by atoms with Gasteiger partial charge in [0.2, 0.25) is 10.0 Å². The summed E-state index contributed by atoms with van der Waals surface area (Å²) < 4.78 is 27.5. The van der Waals surface area contributed by atoms with Gasteiger partial charge in [-0.15, -0.1) is 0 Å². The Labute approximate surface area is 173 Å². The molecule has 1 amide bonds. The van der Waals surface area contributed by atoms with Crippen molar-refractivity contribution in [3.05, 3.63) is 59.2 Å². The third kappa shape index (κ3) is 5.23. The molecular formula is C22H30N3O3S+. The molecule has 2 N–H and O–H groups in total. The molecule has 0 unspecified atom stereocenters. The lowest BCUT2D eigenvalue weighted by molar-refractivity contribution is -0.895. The molecule has 29 heavy (non-hydrogen) atoms. The largest absolute Gasteiger partial charge is 0.325 e. The molecule has 3 rings (SSSR count). The second-order valence-electron chi connectivity index (χ2n) is 7.70. The summed E-state index contributed by atoms with van der Waals surface area (Å²) in [7, 11) is -3.50. The molecule has 2 aromatic carbocycles. The number of carbonyl (C=O) groups excluding carboxylic acids is 1. The summed E-state index contributed by atoms with van der Waals surface area (Å²) in [4.78, 5) is 13.9. The number of aryl methyl sites for hydroxylation is 3. The van der Waals surface area contributed by atoms with Crippen LogP contribution in [0.4, 0.5) is 5.69 Å². The Kier molecular flexibility index (Phi) is 6.72. The molecule has 0 aliphatic carbocycles. The molecule has 1 saturated heterocycles. The zero-order valence-electron chi connectivity index (χ0n) is 17.4. The fraction of sp³-hybridized carbons (Fsp3) is 0.409. The zero-order valence-corrected chi connectivity index (χ0v) is 18.2. The van der Waals surface area contributed by atoms with Gasteiger partial charge < -0.3 is 10.2 Å². The minimum Gasteiger partial charge on any atom is -0.325 e. The van der Waals surface area contributed by atoms with E-state index in [2.05, 4.69) is 12.2 Å². The fourth-order valence-electron chi connectivity index (χ4n) is 3.75. The van der Waals surface area contributed by atoms with Crippen molar-refractivity contribution in [1.29, 1.82) is 0 Å². The van der Waals surface area contributed by atoms with E-state index in [0.717, 1.165) is 28.1 Å². The van der Waals surface area contributed by atoms with Crippen molar-refractivity contribution < 1.29 is 18.1 Å². The highest BCUT2D eigenvalue weighted by Gasteiger charge is 2.32. The third-order valence-corrected chi connectivity index (χ3v) is 7.47. The van der Waals surface area contributed by atoms with Crippen molar-refractivity contribution in [2.24, 2.45) is 0 Å². The smallest absolute Gasteiger partial charge is 0.279 e. The maximum Gasteiger partial charge on any atom is 0.279 e. The maximum atomic E-state index is 13.0. The molecule has 7 heteroatoms. The maximum absolute atomic E-state index is 13.0. The Bertz CT molecular complexity index is 981. The molecule has 6 nitrogen and oxygen atoms in total. The number of piperazine rings is 1. The van der Waals surface area contributed by atoms with Gasteiger partial charge in [0, 0.05) is 5.69 Å². The van der Waals surface area contributed by atoms with Crippen LogP contribution in [0.3, 0.4) is 0 Å². The van der Waals surface area contributed by atoms with E-state index in [1.165, 1.54) is 9.87 Å². The van der Waals surface area contributed by atoms with E-state index in [4.69, 9.17) is 0 Å². The summed E-state index contributed by atoms with van der Waals surface area (Å²) in [5.41, 5.74) is 3.81. The van der Waals surface area contributed by atoms with Crippen molar-refractivity contribution in [3.63, 3.8) is 0 Å². The molecule has 156 valence electrons. The molecule has 0 radical (unpaired) electrons. The fourth-order valence-corrected chi connectivity index (χ4v) is 5.40. The minimum atomic E-state index is -3.50. The topological polar surface area (TPSA) is 70.9 Å². The first-order chi connectivity index (χ1) is 13.8. The second-order valence-corrected chi connectivity index (χ2v) is 9.61. The number of hydrogen-bond acceptors (Lipinski definition) is 3. The summed E-state index contributed by atoms with van der Waals surface area (Å²) in [5.74, 6) is -0.0426. The Morgan fingerprint density at radius 2 is 1.83 bits per heavy atom. The summed E-state index contributed by atoms with van der Waals surface area (Å²) in [6.45, 7) is 8.28. The number of anilines is 1. The highest BCUT2D eigenvalue weighted by Crippen LogP contribution is 2.20. The van der Waals surface area contributed by atoms with Crippen LogP contribution in [0.5, 0.6) is 0 Å². The van der Waals surface area contributed by atoms with Crippen LogP contribution in [0.25, 0.3) is 0 Å². The molecule has 1 heterocycles. The number of amides is 1. The molecule has 1 aliphatic heterocycles. The first kappa shape index (κ1) is 21.5. The molecular weight excluding hydrogens is 386 g/mol. The highest BCUT2D eigenvalue weighted by atomic mass is 32.2. The van der Waals surface area contributed by atoms with Crippen molar-refractivity contribution in [1.82, 2.24) is 4.31 Å². The van der Waals surface area contributed by atoms with Gasteiger partial charge in [-0.25, -0.2) is 8.42 Å². The quantitative estimate of drug-likeness (QED) is 0.748. The summed E-state index contributed by atoms with van der Waals surface area (Å²) >= 11 is 0. The van der Waals surface area contributed by atoms with Crippen molar-refractivity contribution >= 4 is 21.6 Å². The van der Waals surface area contributed by atoms with E-state index in [1.807, 2.05) is 50.2 Å². The highest BCUT2D eigenvalue weighted by molar-refractivity contribution is 7.89. The molecule has 1 fully saturated rings. The van der Waals surface area contributed by atoms with Crippen LogP contribution >= 0.6 is 0 Å². The monoisotopic (exact) mass is 416 g/mol. The number of hydrogen-bond donors (Lipinski definition) is 2. The van der Waals surface area contributed by atoms with Crippen molar-refractivity contribution in [2.75, 3.05) is 38.0 Å². The van der Waals surface area contributed by atoms with E-state index in [-0.39, 0.29) is 5.91 Å². The van der Waals surface area contributed by atoms with E-state index in [9.17, 15) is 13.2 Å². The Morgan fingerprint density at radius 3 is 2.48 bits per heavy atom. The van der Waals surface area contributed by atoms with Gasteiger partial charge in [0.1, 0.15) is 0 Å². The first-order valence-corrected chi connectivity index (χ1v) is 11.5. The normalized spacial score (nSPS) is 16.0. The molecule has 0 saturated carbocycles. The van der Waals surface area contributed by atoms with Gasteiger partial charge in [-0.2, -0.15) is 4.31 Å². The lowest BCUT2D eigenvalue weighted by Crippen LogP contribution is -3.15.